The van der Waals surface area contributed by atoms with Gasteiger partial charge in [-0.3, -0.25) is 0 Å². The molecule has 1 unspecified atom stereocenters. The van der Waals surface area contributed by atoms with Crippen LogP contribution in [0.4, 0.5) is 0 Å². The summed E-state index contributed by atoms with van der Waals surface area (Å²) in [6.07, 6.45) is 9.66. The molecule has 0 spiro atoms. The Morgan fingerprint density at radius 3 is 2.85 bits per heavy atom. The van der Waals surface area contributed by atoms with E-state index in [2.05, 4.69) is 30.4 Å². The van der Waals surface area contributed by atoms with Crippen molar-refractivity contribution in [2.75, 3.05) is 0 Å². The molecular weight excluding hydrogens is 180 g/mol. The van der Waals surface area contributed by atoms with E-state index >= 15 is 0 Å². The van der Waals surface area contributed by atoms with Gasteiger partial charge in [-0.1, -0.05) is 48.0 Å². The molecule has 0 heterocycles. The van der Waals surface area contributed by atoms with Crippen LogP contribution in [0, 0.1) is 0 Å². The maximum atomic E-state index is 5.92. The highest BCUT2D eigenvalue weighted by atomic mass is 35.5. The van der Waals surface area contributed by atoms with Crippen molar-refractivity contribution in [1.29, 1.82) is 0 Å². The van der Waals surface area contributed by atoms with Gasteiger partial charge in [-0.2, -0.15) is 0 Å². The zero-order valence-electron chi connectivity index (χ0n) is 7.28. The quantitative estimate of drug-likeness (QED) is 0.629. The van der Waals surface area contributed by atoms with Crippen molar-refractivity contribution in [2.45, 2.75) is 12.3 Å². The maximum absolute atomic E-state index is 5.92. The first-order chi connectivity index (χ1) is 6.36. The smallest absolute Gasteiger partial charge is 0.0408 e. The Kier molecular flexibility index (Phi) is 2.51. The second-order valence-corrected chi connectivity index (χ2v) is 3.65. The molecule has 66 valence electrons. The van der Waals surface area contributed by atoms with Crippen molar-refractivity contribution in [1.82, 2.24) is 0 Å². The standard InChI is InChI=1S/C12H11Cl/c13-12-8-4-7-11(9-12)10-5-2-1-3-6-10/h1-5,7-10H,6H2. The number of hydrogen-bond donors (Lipinski definition) is 0. The molecule has 0 aromatic heterocycles. The van der Waals surface area contributed by atoms with Crippen LogP contribution in [0.25, 0.3) is 0 Å². The average Bonchev–Trinajstić information content (AvgIpc) is 2.19. The minimum atomic E-state index is 0.503. The molecule has 0 bridgehead atoms. The third-order valence-corrected chi connectivity index (χ3v) is 2.49. The Morgan fingerprint density at radius 1 is 1.23 bits per heavy atom. The largest absolute Gasteiger partial charge is 0.0843 e. The van der Waals surface area contributed by atoms with Crippen LogP contribution in [0.3, 0.4) is 0 Å². The second-order valence-electron chi connectivity index (χ2n) is 3.21. The van der Waals surface area contributed by atoms with E-state index in [-0.39, 0.29) is 0 Å². The number of hydrogen-bond acceptors (Lipinski definition) is 0. The van der Waals surface area contributed by atoms with Crippen LogP contribution in [-0.2, 0) is 0 Å². The summed E-state index contributed by atoms with van der Waals surface area (Å²) < 4.78 is 0. The number of benzene rings is 1. The fourth-order valence-electron chi connectivity index (χ4n) is 1.57. The van der Waals surface area contributed by atoms with Crippen LogP contribution < -0.4 is 0 Å². The van der Waals surface area contributed by atoms with Gasteiger partial charge in [-0.15, -0.1) is 0 Å². The Labute approximate surface area is 83.5 Å². The average molecular weight is 191 g/mol. The molecule has 1 aliphatic carbocycles. The molecule has 0 radical (unpaired) electrons. The molecule has 1 aliphatic rings. The van der Waals surface area contributed by atoms with Crippen LogP contribution in [0.15, 0.2) is 48.6 Å². The lowest BCUT2D eigenvalue weighted by molar-refractivity contribution is 0.854. The van der Waals surface area contributed by atoms with Gasteiger partial charge in [0.05, 0.1) is 0 Å². The monoisotopic (exact) mass is 190 g/mol. The summed E-state index contributed by atoms with van der Waals surface area (Å²) in [5.74, 6) is 0.503. The van der Waals surface area contributed by atoms with Crippen LogP contribution >= 0.6 is 11.6 Å². The first kappa shape index (κ1) is 8.58. The highest BCUT2D eigenvalue weighted by Crippen LogP contribution is 2.26. The van der Waals surface area contributed by atoms with Crippen molar-refractivity contribution in [3.63, 3.8) is 0 Å². The van der Waals surface area contributed by atoms with E-state index < -0.39 is 0 Å². The van der Waals surface area contributed by atoms with E-state index in [1.165, 1.54) is 5.56 Å². The lowest BCUT2D eigenvalue weighted by Crippen LogP contribution is -1.95. The molecule has 0 aliphatic heterocycles. The Balaban J connectivity index is 2.25. The van der Waals surface area contributed by atoms with E-state index in [9.17, 15) is 0 Å². The van der Waals surface area contributed by atoms with Crippen molar-refractivity contribution >= 4 is 11.6 Å². The van der Waals surface area contributed by atoms with Gasteiger partial charge in [0.25, 0.3) is 0 Å². The minimum Gasteiger partial charge on any atom is -0.0843 e. The Bertz CT molecular complexity index is 350. The van der Waals surface area contributed by atoms with Crippen LogP contribution in [-0.4, -0.2) is 0 Å². The first-order valence-corrected chi connectivity index (χ1v) is 4.83. The SMILES string of the molecule is Clc1cccc(C2C=CC=CC2)c1. The van der Waals surface area contributed by atoms with Crippen LogP contribution in [0.5, 0.6) is 0 Å². The predicted octanol–water partition coefficient (Wildman–Crippen LogP) is 3.94. The van der Waals surface area contributed by atoms with Gasteiger partial charge in [-0.05, 0) is 24.1 Å². The molecule has 13 heavy (non-hydrogen) atoms. The molecule has 2 rings (SSSR count). The lowest BCUT2D eigenvalue weighted by Gasteiger charge is -2.13. The summed E-state index contributed by atoms with van der Waals surface area (Å²) in [6, 6.07) is 8.08. The molecule has 1 atom stereocenters. The highest BCUT2D eigenvalue weighted by Gasteiger charge is 2.07. The van der Waals surface area contributed by atoms with Crippen molar-refractivity contribution < 1.29 is 0 Å². The summed E-state index contributed by atoms with van der Waals surface area (Å²) in [6.45, 7) is 0. The Hall–Kier alpha value is -1.01. The van der Waals surface area contributed by atoms with Gasteiger partial charge < -0.3 is 0 Å². The van der Waals surface area contributed by atoms with Gasteiger partial charge in [0, 0.05) is 10.9 Å². The molecule has 0 nitrogen and oxygen atoms in total. The molecule has 1 heteroatoms. The fraction of sp³-hybridized carbons (Fsp3) is 0.167. The molecule has 0 N–H and O–H groups in total. The topological polar surface area (TPSA) is 0 Å². The molecular formula is C12H11Cl. The summed E-state index contributed by atoms with van der Waals surface area (Å²) in [4.78, 5) is 0. The molecule has 0 saturated carbocycles. The number of rotatable bonds is 1. The first-order valence-electron chi connectivity index (χ1n) is 4.45. The van der Waals surface area contributed by atoms with Gasteiger partial charge >= 0.3 is 0 Å². The second kappa shape index (κ2) is 3.80. The Morgan fingerprint density at radius 2 is 2.15 bits per heavy atom. The van der Waals surface area contributed by atoms with E-state index in [4.69, 9.17) is 11.6 Å². The summed E-state index contributed by atoms with van der Waals surface area (Å²) in [7, 11) is 0. The third-order valence-electron chi connectivity index (χ3n) is 2.26. The summed E-state index contributed by atoms with van der Waals surface area (Å²) in [5, 5.41) is 0.820. The maximum Gasteiger partial charge on any atom is 0.0408 e. The fourth-order valence-corrected chi connectivity index (χ4v) is 1.76. The molecule has 0 amide bonds. The minimum absolute atomic E-state index is 0.503. The highest BCUT2D eigenvalue weighted by molar-refractivity contribution is 6.30. The summed E-state index contributed by atoms with van der Waals surface area (Å²) >= 11 is 5.92. The lowest BCUT2D eigenvalue weighted by atomic mass is 9.93. The van der Waals surface area contributed by atoms with E-state index in [1.807, 2.05) is 18.2 Å². The van der Waals surface area contributed by atoms with Gasteiger partial charge in [0.1, 0.15) is 0 Å². The van der Waals surface area contributed by atoms with Crippen LogP contribution in [0.1, 0.15) is 17.9 Å². The van der Waals surface area contributed by atoms with Crippen molar-refractivity contribution in [3.8, 4) is 0 Å². The van der Waals surface area contributed by atoms with Crippen molar-refractivity contribution in [3.05, 3.63) is 59.2 Å². The van der Waals surface area contributed by atoms with E-state index in [0.717, 1.165) is 11.4 Å². The molecule has 0 fully saturated rings. The van der Waals surface area contributed by atoms with Crippen molar-refractivity contribution in [2.24, 2.45) is 0 Å². The zero-order valence-corrected chi connectivity index (χ0v) is 8.04. The van der Waals surface area contributed by atoms with Gasteiger partial charge in [-0.25, -0.2) is 0 Å². The number of allylic oxidation sites excluding steroid dienone is 4. The normalized spacial score (nSPS) is 20.5. The van der Waals surface area contributed by atoms with Crippen LogP contribution in [0.2, 0.25) is 5.02 Å². The predicted molar refractivity (Wildman–Crippen MR) is 57.1 cm³/mol. The summed E-state index contributed by atoms with van der Waals surface area (Å²) in [5.41, 5.74) is 1.30. The molecule has 0 saturated heterocycles. The van der Waals surface area contributed by atoms with Gasteiger partial charge in [0.15, 0.2) is 0 Å². The molecule has 1 aromatic carbocycles. The third kappa shape index (κ3) is 2.02. The molecule has 1 aromatic rings. The zero-order chi connectivity index (χ0) is 9.10. The number of halogens is 1. The van der Waals surface area contributed by atoms with E-state index in [0.29, 0.717) is 5.92 Å². The van der Waals surface area contributed by atoms with Gasteiger partial charge in [0.2, 0.25) is 0 Å². The van der Waals surface area contributed by atoms with E-state index in [1.54, 1.807) is 0 Å².